The molecule has 1 aromatic carbocycles. The van der Waals surface area contributed by atoms with E-state index in [9.17, 15) is 4.79 Å². The fraction of sp³-hybridized carbons (Fsp3) is 0.250. The van der Waals surface area contributed by atoms with E-state index in [1.54, 1.807) is 12.1 Å². The zero-order valence-electron chi connectivity index (χ0n) is 11.2. The van der Waals surface area contributed by atoms with Gasteiger partial charge in [-0.3, -0.25) is 15.4 Å². The number of nitrogens with zero attached hydrogens (tertiary/aromatic N) is 4. The van der Waals surface area contributed by atoms with Crippen LogP contribution in [0.1, 0.15) is 23.7 Å². The Morgan fingerprint density at radius 1 is 1.38 bits per heavy atom. The van der Waals surface area contributed by atoms with Gasteiger partial charge in [-0.25, -0.2) is 0 Å². The van der Waals surface area contributed by atoms with Crippen LogP contribution in [0.15, 0.2) is 24.3 Å². The minimum atomic E-state index is -0.287. The second-order valence-corrected chi connectivity index (χ2v) is 5.78. The van der Waals surface area contributed by atoms with E-state index in [1.165, 1.54) is 4.80 Å². The number of amides is 1. The Bertz CT molecular complexity index is 641. The van der Waals surface area contributed by atoms with Crippen molar-refractivity contribution in [3.8, 4) is 0 Å². The minimum Gasteiger partial charge on any atom is -0.299 e. The lowest BCUT2D eigenvalue weighted by molar-refractivity contribution is 0.0977. The molecule has 110 valence electrons. The molecule has 0 radical (unpaired) electrons. The molecule has 21 heavy (non-hydrogen) atoms. The van der Waals surface area contributed by atoms with Crippen LogP contribution in [-0.2, 0) is 6.54 Å². The summed E-state index contributed by atoms with van der Waals surface area (Å²) in [4.78, 5) is 13.4. The van der Waals surface area contributed by atoms with Crippen LogP contribution in [0, 0.1) is 3.57 Å². The molecule has 0 aliphatic carbocycles. The molecule has 0 fully saturated rings. The molecule has 0 bridgehead atoms. The molecule has 1 amide bonds. The van der Waals surface area contributed by atoms with Gasteiger partial charge in [0.05, 0.1) is 6.54 Å². The molecule has 2 aromatic rings. The Morgan fingerprint density at radius 2 is 2.10 bits per heavy atom. The van der Waals surface area contributed by atoms with E-state index in [0.717, 1.165) is 9.99 Å². The van der Waals surface area contributed by atoms with E-state index in [1.807, 2.05) is 19.1 Å². The summed E-state index contributed by atoms with van der Waals surface area (Å²) in [7, 11) is 0. The molecule has 0 unspecified atom stereocenters. The fourth-order valence-electron chi connectivity index (χ4n) is 1.50. The third-order valence-corrected chi connectivity index (χ3v) is 3.36. The average molecular weight is 416 g/mol. The van der Waals surface area contributed by atoms with E-state index in [4.69, 9.17) is 12.2 Å². The van der Waals surface area contributed by atoms with Crippen molar-refractivity contribution in [2.45, 2.75) is 19.9 Å². The fourth-order valence-corrected chi connectivity index (χ4v) is 2.04. The number of carbonyl (C=O) groups excluding carboxylic acids is 1. The maximum absolute atomic E-state index is 12.0. The van der Waals surface area contributed by atoms with Crippen molar-refractivity contribution in [2.75, 3.05) is 5.32 Å². The number of rotatable bonds is 4. The van der Waals surface area contributed by atoms with Gasteiger partial charge in [0, 0.05) is 9.13 Å². The zero-order valence-corrected chi connectivity index (χ0v) is 14.2. The summed E-state index contributed by atoms with van der Waals surface area (Å²) in [5.41, 5.74) is 0.530. The number of anilines is 1. The Labute approximate surface area is 140 Å². The van der Waals surface area contributed by atoms with E-state index in [0.29, 0.717) is 12.1 Å². The van der Waals surface area contributed by atoms with E-state index in [2.05, 4.69) is 48.6 Å². The zero-order chi connectivity index (χ0) is 15.2. The first-order valence-electron chi connectivity index (χ1n) is 6.24. The van der Waals surface area contributed by atoms with Crippen molar-refractivity contribution >= 4 is 51.8 Å². The lowest BCUT2D eigenvalue weighted by Gasteiger charge is -2.06. The Balaban J connectivity index is 1.91. The van der Waals surface area contributed by atoms with Gasteiger partial charge >= 0.3 is 0 Å². The van der Waals surface area contributed by atoms with Crippen LogP contribution in [-0.4, -0.2) is 31.2 Å². The van der Waals surface area contributed by atoms with Crippen molar-refractivity contribution in [3.63, 3.8) is 0 Å². The average Bonchev–Trinajstić information content (AvgIpc) is 2.87. The monoisotopic (exact) mass is 416 g/mol. The van der Waals surface area contributed by atoms with Crippen molar-refractivity contribution in [3.05, 3.63) is 33.4 Å². The van der Waals surface area contributed by atoms with Crippen molar-refractivity contribution in [1.82, 2.24) is 25.5 Å². The number of hydrogen-bond donors (Lipinski definition) is 2. The highest BCUT2D eigenvalue weighted by molar-refractivity contribution is 14.1. The molecule has 0 spiro atoms. The van der Waals surface area contributed by atoms with E-state index < -0.39 is 0 Å². The quantitative estimate of drug-likeness (QED) is 0.585. The SMILES string of the molecule is CCCn1nnc(NC(=S)NC(=O)c2ccc(I)cc2)n1. The smallest absolute Gasteiger partial charge is 0.269 e. The van der Waals surface area contributed by atoms with Crippen LogP contribution in [0.25, 0.3) is 0 Å². The number of thiocarbonyl (C=S) groups is 1. The van der Waals surface area contributed by atoms with Crippen LogP contribution in [0.3, 0.4) is 0 Å². The van der Waals surface area contributed by atoms with Crippen LogP contribution in [0.4, 0.5) is 5.95 Å². The predicted octanol–water partition coefficient (Wildman–Crippen LogP) is 1.81. The van der Waals surface area contributed by atoms with Crippen molar-refractivity contribution in [2.24, 2.45) is 0 Å². The van der Waals surface area contributed by atoms with Crippen LogP contribution < -0.4 is 10.6 Å². The molecule has 0 aliphatic rings. The van der Waals surface area contributed by atoms with Crippen LogP contribution in [0.2, 0.25) is 0 Å². The van der Waals surface area contributed by atoms with Crippen LogP contribution >= 0.6 is 34.8 Å². The number of hydrogen-bond acceptors (Lipinski definition) is 5. The lowest BCUT2D eigenvalue weighted by Crippen LogP contribution is -2.34. The molecule has 2 rings (SSSR count). The van der Waals surface area contributed by atoms with E-state index in [-0.39, 0.29) is 17.0 Å². The second kappa shape index (κ2) is 7.41. The molecular weight excluding hydrogens is 403 g/mol. The third kappa shape index (κ3) is 4.70. The summed E-state index contributed by atoms with van der Waals surface area (Å²) in [6, 6.07) is 7.17. The normalized spacial score (nSPS) is 10.2. The molecule has 0 aliphatic heterocycles. The summed E-state index contributed by atoms with van der Waals surface area (Å²) in [6.45, 7) is 2.69. The van der Waals surface area contributed by atoms with Gasteiger partial charge in [0.1, 0.15) is 0 Å². The topological polar surface area (TPSA) is 84.7 Å². The summed E-state index contributed by atoms with van der Waals surface area (Å²) >= 11 is 7.22. The van der Waals surface area contributed by atoms with Crippen molar-refractivity contribution in [1.29, 1.82) is 0 Å². The molecule has 0 saturated carbocycles. The molecule has 0 saturated heterocycles. The molecule has 1 heterocycles. The summed E-state index contributed by atoms with van der Waals surface area (Å²) in [5, 5.41) is 17.1. The minimum absolute atomic E-state index is 0.134. The second-order valence-electron chi connectivity index (χ2n) is 4.12. The number of aryl methyl sites for hydroxylation is 1. The number of halogens is 1. The first-order chi connectivity index (χ1) is 10.1. The highest BCUT2D eigenvalue weighted by atomic mass is 127. The standard InChI is InChI=1S/C12H13IN6OS/c1-2-7-19-17-11(16-18-19)15-12(21)14-10(20)8-3-5-9(13)6-4-8/h3-6H,2,7H2,1H3,(H2,14,15,17,20,21). The number of nitrogens with one attached hydrogen (secondary N) is 2. The maximum Gasteiger partial charge on any atom is 0.269 e. The predicted molar refractivity (Wildman–Crippen MR) is 91.0 cm³/mol. The number of tetrazole rings is 1. The highest BCUT2D eigenvalue weighted by Gasteiger charge is 2.09. The molecular formula is C12H13IN6OS. The van der Waals surface area contributed by atoms with Gasteiger partial charge in [-0.2, -0.15) is 4.80 Å². The Hall–Kier alpha value is -1.62. The van der Waals surface area contributed by atoms with E-state index >= 15 is 0 Å². The first kappa shape index (κ1) is 15.8. The van der Waals surface area contributed by atoms with Gasteiger partial charge in [0.25, 0.3) is 11.9 Å². The summed E-state index contributed by atoms with van der Waals surface area (Å²) in [6.07, 6.45) is 0.907. The number of benzene rings is 1. The number of aromatic nitrogens is 4. The summed E-state index contributed by atoms with van der Waals surface area (Å²) in [5.74, 6) is -0.0267. The summed E-state index contributed by atoms with van der Waals surface area (Å²) < 4.78 is 1.06. The third-order valence-electron chi connectivity index (χ3n) is 2.44. The molecule has 0 atom stereocenters. The number of carbonyl (C=O) groups is 1. The Morgan fingerprint density at radius 3 is 2.76 bits per heavy atom. The van der Waals surface area contributed by atoms with Gasteiger partial charge in [-0.05, 0) is 70.7 Å². The molecule has 2 N–H and O–H groups in total. The maximum atomic E-state index is 12.0. The lowest BCUT2D eigenvalue weighted by atomic mass is 10.2. The molecule has 9 heteroatoms. The van der Waals surface area contributed by atoms with Gasteiger partial charge in [0.15, 0.2) is 5.11 Å². The van der Waals surface area contributed by atoms with Gasteiger partial charge in [-0.15, -0.1) is 5.10 Å². The van der Waals surface area contributed by atoms with Gasteiger partial charge < -0.3 is 0 Å². The molecule has 1 aromatic heterocycles. The van der Waals surface area contributed by atoms with Gasteiger partial charge in [-0.1, -0.05) is 12.0 Å². The largest absolute Gasteiger partial charge is 0.299 e. The van der Waals surface area contributed by atoms with Crippen molar-refractivity contribution < 1.29 is 4.79 Å². The highest BCUT2D eigenvalue weighted by Crippen LogP contribution is 2.06. The van der Waals surface area contributed by atoms with Crippen LogP contribution in [0.5, 0.6) is 0 Å². The first-order valence-corrected chi connectivity index (χ1v) is 7.73. The van der Waals surface area contributed by atoms with Gasteiger partial charge in [0.2, 0.25) is 0 Å². The molecule has 7 nitrogen and oxygen atoms in total. The Kier molecular flexibility index (Phi) is 5.56.